The number of nitrogens with one attached hydrogen (secondary N) is 1. The predicted molar refractivity (Wildman–Crippen MR) is 65.8 cm³/mol. The van der Waals surface area contributed by atoms with Gasteiger partial charge >= 0.3 is 5.97 Å². The number of aliphatic carboxylic acids is 1. The quantitative estimate of drug-likeness (QED) is 0.582. The molecule has 0 aromatic carbocycles. The van der Waals surface area contributed by atoms with Gasteiger partial charge in [0.2, 0.25) is 0 Å². The first-order valence-electron chi connectivity index (χ1n) is 5.78. The molecule has 2 N–H and O–H groups in total. The first-order valence-corrected chi connectivity index (χ1v) is 5.78. The summed E-state index contributed by atoms with van der Waals surface area (Å²) < 4.78 is 0. The molecule has 0 heterocycles. The van der Waals surface area contributed by atoms with E-state index in [1.165, 1.54) is 0 Å². The molecule has 5 nitrogen and oxygen atoms in total. The van der Waals surface area contributed by atoms with Gasteiger partial charge in [0.05, 0.1) is 0 Å². The summed E-state index contributed by atoms with van der Waals surface area (Å²) in [6, 6.07) is -0.478. The number of likely N-dealkylation sites (N-methyl/N-ethyl adjacent to an activating group) is 2. The van der Waals surface area contributed by atoms with Crippen LogP contribution in [0, 0.1) is 0 Å². The van der Waals surface area contributed by atoms with Crippen LogP contribution in [0.2, 0.25) is 0 Å². The zero-order valence-electron chi connectivity index (χ0n) is 10.9. The van der Waals surface area contributed by atoms with Crippen molar-refractivity contribution in [3.05, 3.63) is 0 Å². The minimum Gasteiger partial charge on any atom is -0.480 e. The van der Waals surface area contributed by atoms with Crippen molar-refractivity contribution in [1.29, 1.82) is 0 Å². The maximum Gasteiger partial charge on any atom is 0.322 e. The lowest BCUT2D eigenvalue weighted by Gasteiger charge is -2.26. The molecular weight excluding hydrogens is 206 g/mol. The van der Waals surface area contributed by atoms with E-state index in [0.717, 1.165) is 26.1 Å². The minimum atomic E-state index is -0.784. The second-order valence-electron chi connectivity index (χ2n) is 4.28. The summed E-state index contributed by atoms with van der Waals surface area (Å²) in [5.41, 5.74) is 0. The van der Waals surface area contributed by atoms with Gasteiger partial charge in [-0.2, -0.15) is 0 Å². The van der Waals surface area contributed by atoms with Gasteiger partial charge in [-0.25, -0.2) is 0 Å². The number of carbonyl (C=O) groups is 1. The van der Waals surface area contributed by atoms with Crippen LogP contribution >= 0.6 is 0 Å². The van der Waals surface area contributed by atoms with Crippen LogP contribution < -0.4 is 5.32 Å². The molecule has 0 radical (unpaired) electrons. The van der Waals surface area contributed by atoms with Gasteiger partial charge in [0, 0.05) is 19.6 Å². The second kappa shape index (κ2) is 8.50. The van der Waals surface area contributed by atoms with Gasteiger partial charge in [-0.1, -0.05) is 6.92 Å². The number of carboxylic acid groups (broad SMARTS) is 1. The van der Waals surface area contributed by atoms with E-state index in [0.29, 0.717) is 6.54 Å². The lowest BCUT2D eigenvalue weighted by atomic mass is 10.2. The van der Waals surface area contributed by atoms with Crippen LogP contribution in [0.15, 0.2) is 0 Å². The summed E-state index contributed by atoms with van der Waals surface area (Å²) in [6.07, 6.45) is 1.05. The predicted octanol–water partition coefficient (Wildman–Crippen LogP) is -0.0674. The average Bonchev–Trinajstić information content (AvgIpc) is 2.21. The third kappa shape index (κ3) is 6.76. The molecule has 5 heteroatoms. The average molecular weight is 231 g/mol. The van der Waals surface area contributed by atoms with Crippen LogP contribution in [0.4, 0.5) is 0 Å². The first-order chi connectivity index (χ1) is 7.51. The minimum absolute atomic E-state index is 0.478. The summed E-state index contributed by atoms with van der Waals surface area (Å²) in [5, 5.41) is 11.8. The highest BCUT2D eigenvalue weighted by Crippen LogP contribution is 1.96. The highest BCUT2D eigenvalue weighted by atomic mass is 16.4. The van der Waals surface area contributed by atoms with E-state index in [9.17, 15) is 4.79 Å². The molecule has 0 bridgehead atoms. The third-order valence-corrected chi connectivity index (χ3v) is 2.49. The van der Waals surface area contributed by atoms with Crippen molar-refractivity contribution in [2.75, 3.05) is 47.3 Å². The number of rotatable bonds is 9. The van der Waals surface area contributed by atoms with Gasteiger partial charge in [0.1, 0.15) is 6.04 Å². The summed E-state index contributed by atoms with van der Waals surface area (Å²) in [4.78, 5) is 15.2. The Morgan fingerprint density at radius 3 is 2.31 bits per heavy atom. The molecule has 0 amide bonds. The van der Waals surface area contributed by atoms with Crippen molar-refractivity contribution < 1.29 is 9.90 Å². The van der Waals surface area contributed by atoms with Gasteiger partial charge in [-0.05, 0) is 34.1 Å². The SMILES string of the molecule is CCCN(CCN(C)C)CC(NC)C(=O)O. The van der Waals surface area contributed by atoms with Gasteiger partial charge in [0.15, 0.2) is 0 Å². The normalized spacial score (nSPS) is 13.4. The van der Waals surface area contributed by atoms with E-state index in [4.69, 9.17) is 5.11 Å². The Morgan fingerprint density at radius 2 is 1.94 bits per heavy atom. The Labute approximate surface area is 98.4 Å². The number of hydrogen-bond donors (Lipinski definition) is 2. The fourth-order valence-electron chi connectivity index (χ4n) is 1.50. The van der Waals surface area contributed by atoms with Crippen LogP contribution in [0.25, 0.3) is 0 Å². The third-order valence-electron chi connectivity index (χ3n) is 2.49. The Bertz CT molecular complexity index is 198. The molecule has 0 aliphatic heterocycles. The molecule has 0 saturated carbocycles. The van der Waals surface area contributed by atoms with Crippen LogP contribution in [0.1, 0.15) is 13.3 Å². The van der Waals surface area contributed by atoms with Crippen molar-refractivity contribution in [2.45, 2.75) is 19.4 Å². The zero-order valence-corrected chi connectivity index (χ0v) is 10.9. The maximum atomic E-state index is 10.9. The van der Waals surface area contributed by atoms with E-state index in [1.807, 2.05) is 14.1 Å². The molecule has 0 aliphatic rings. The van der Waals surface area contributed by atoms with Crippen LogP contribution in [0.3, 0.4) is 0 Å². The summed E-state index contributed by atoms with van der Waals surface area (Å²) >= 11 is 0. The van der Waals surface area contributed by atoms with Gasteiger partial charge in [0.25, 0.3) is 0 Å². The number of carboxylic acids is 1. The van der Waals surface area contributed by atoms with Crippen molar-refractivity contribution in [1.82, 2.24) is 15.1 Å². The molecule has 0 aromatic heterocycles. The summed E-state index contributed by atoms with van der Waals surface area (Å²) in [6.45, 7) is 5.48. The molecule has 1 unspecified atom stereocenters. The molecule has 0 aromatic rings. The molecule has 0 aliphatic carbocycles. The monoisotopic (exact) mass is 231 g/mol. The topological polar surface area (TPSA) is 55.8 Å². The van der Waals surface area contributed by atoms with Gasteiger partial charge in [-0.15, -0.1) is 0 Å². The standard InChI is InChI=1S/C11H25N3O2/c1-5-6-14(8-7-13(3)4)9-10(12-2)11(15)16/h10,12H,5-9H2,1-4H3,(H,15,16). The van der Waals surface area contributed by atoms with Crippen molar-refractivity contribution >= 4 is 5.97 Å². The van der Waals surface area contributed by atoms with E-state index < -0.39 is 12.0 Å². The summed E-state index contributed by atoms with van der Waals surface area (Å²) in [7, 11) is 5.74. The van der Waals surface area contributed by atoms with E-state index >= 15 is 0 Å². The molecule has 0 saturated heterocycles. The fraction of sp³-hybridized carbons (Fsp3) is 0.909. The Kier molecular flexibility index (Phi) is 8.15. The van der Waals surface area contributed by atoms with E-state index in [-0.39, 0.29) is 0 Å². The fourth-order valence-corrected chi connectivity index (χ4v) is 1.50. The maximum absolute atomic E-state index is 10.9. The zero-order chi connectivity index (χ0) is 12.6. The molecule has 0 spiro atoms. The van der Waals surface area contributed by atoms with Crippen molar-refractivity contribution in [2.24, 2.45) is 0 Å². The largest absolute Gasteiger partial charge is 0.480 e. The molecule has 1 atom stereocenters. The molecule has 16 heavy (non-hydrogen) atoms. The number of hydrogen-bond acceptors (Lipinski definition) is 4. The summed E-state index contributed by atoms with van der Waals surface area (Å²) in [5.74, 6) is -0.784. The van der Waals surface area contributed by atoms with Gasteiger partial charge in [-0.3, -0.25) is 9.69 Å². The van der Waals surface area contributed by atoms with E-state index in [1.54, 1.807) is 7.05 Å². The van der Waals surface area contributed by atoms with Crippen molar-refractivity contribution in [3.8, 4) is 0 Å². The van der Waals surface area contributed by atoms with Crippen LogP contribution in [-0.2, 0) is 4.79 Å². The molecule has 96 valence electrons. The van der Waals surface area contributed by atoms with E-state index in [2.05, 4.69) is 22.0 Å². The van der Waals surface area contributed by atoms with Crippen molar-refractivity contribution in [3.63, 3.8) is 0 Å². The van der Waals surface area contributed by atoms with Crippen LogP contribution in [-0.4, -0.2) is 74.2 Å². The smallest absolute Gasteiger partial charge is 0.322 e. The number of nitrogens with zero attached hydrogens (tertiary/aromatic N) is 2. The highest BCUT2D eigenvalue weighted by Gasteiger charge is 2.18. The molecule has 0 fully saturated rings. The first kappa shape index (κ1) is 15.3. The Hall–Kier alpha value is -0.650. The lowest BCUT2D eigenvalue weighted by Crippen LogP contribution is -2.46. The molecule has 0 rings (SSSR count). The Morgan fingerprint density at radius 1 is 1.31 bits per heavy atom. The highest BCUT2D eigenvalue weighted by molar-refractivity contribution is 5.73. The van der Waals surface area contributed by atoms with Gasteiger partial charge < -0.3 is 15.3 Å². The second-order valence-corrected chi connectivity index (χ2v) is 4.28. The lowest BCUT2D eigenvalue weighted by molar-refractivity contribution is -0.139. The molecular formula is C11H25N3O2. The van der Waals surface area contributed by atoms with Crippen LogP contribution in [0.5, 0.6) is 0 Å². The Balaban J connectivity index is 4.13.